The van der Waals surface area contributed by atoms with Gasteiger partial charge in [-0.2, -0.15) is 0 Å². The largest absolute Gasteiger partial charge is 0.388 e. The van der Waals surface area contributed by atoms with Crippen LogP contribution in [0.4, 0.5) is 0 Å². The summed E-state index contributed by atoms with van der Waals surface area (Å²) in [7, 11) is 4.12. The van der Waals surface area contributed by atoms with E-state index in [1.54, 1.807) is 0 Å². The zero-order valence-electron chi connectivity index (χ0n) is 11.0. The molecule has 1 aromatic rings. The summed E-state index contributed by atoms with van der Waals surface area (Å²) < 4.78 is 1.92. The van der Waals surface area contributed by atoms with Crippen LogP contribution in [0.15, 0.2) is 0 Å². The Hall–Kier alpha value is -1.01. The number of nitrogens with two attached hydrogens (primary N) is 1. The molecule has 6 heteroatoms. The van der Waals surface area contributed by atoms with E-state index in [4.69, 9.17) is 18.0 Å². The van der Waals surface area contributed by atoms with Gasteiger partial charge in [0.25, 0.3) is 0 Å². The maximum absolute atomic E-state index is 5.65. The molecule has 2 N–H and O–H groups in total. The van der Waals surface area contributed by atoms with E-state index in [0.717, 1.165) is 25.2 Å². The monoisotopic (exact) mass is 255 g/mol. The summed E-state index contributed by atoms with van der Waals surface area (Å²) in [6.07, 6.45) is 1.03. The van der Waals surface area contributed by atoms with E-state index in [-0.39, 0.29) is 0 Å². The van der Waals surface area contributed by atoms with Gasteiger partial charge in [0.1, 0.15) is 10.7 Å². The van der Waals surface area contributed by atoms with Crippen LogP contribution in [-0.2, 0) is 6.54 Å². The van der Waals surface area contributed by atoms with Gasteiger partial charge in [-0.05, 0) is 33.0 Å². The van der Waals surface area contributed by atoms with Gasteiger partial charge in [-0.25, -0.2) is 4.68 Å². The number of rotatable bonds is 6. The van der Waals surface area contributed by atoms with Crippen molar-refractivity contribution in [2.45, 2.75) is 32.7 Å². The molecule has 5 nitrogen and oxygen atoms in total. The van der Waals surface area contributed by atoms with Gasteiger partial charge in [0, 0.05) is 6.54 Å². The molecule has 0 amide bonds. The van der Waals surface area contributed by atoms with Crippen LogP contribution < -0.4 is 5.73 Å². The van der Waals surface area contributed by atoms with E-state index in [1.807, 2.05) is 4.68 Å². The molecular weight excluding hydrogens is 234 g/mol. The van der Waals surface area contributed by atoms with Gasteiger partial charge >= 0.3 is 0 Å². The lowest BCUT2D eigenvalue weighted by Gasteiger charge is -2.12. The second-order valence-corrected chi connectivity index (χ2v) is 5.16. The first-order valence-corrected chi connectivity index (χ1v) is 6.22. The fourth-order valence-electron chi connectivity index (χ4n) is 1.77. The highest BCUT2D eigenvalue weighted by molar-refractivity contribution is 7.80. The summed E-state index contributed by atoms with van der Waals surface area (Å²) in [5, 5.41) is 8.20. The van der Waals surface area contributed by atoms with Crippen LogP contribution in [-0.4, -0.2) is 45.5 Å². The van der Waals surface area contributed by atoms with E-state index >= 15 is 0 Å². The predicted molar refractivity (Wildman–Crippen MR) is 73.2 cm³/mol. The van der Waals surface area contributed by atoms with Crippen LogP contribution in [0.5, 0.6) is 0 Å². The van der Waals surface area contributed by atoms with Crippen LogP contribution in [0.2, 0.25) is 0 Å². The molecule has 0 aliphatic carbocycles. The van der Waals surface area contributed by atoms with Gasteiger partial charge in [-0.1, -0.05) is 31.3 Å². The zero-order valence-corrected chi connectivity index (χ0v) is 11.8. The van der Waals surface area contributed by atoms with Crippen molar-refractivity contribution in [1.29, 1.82) is 0 Å². The van der Waals surface area contributed by atoms with Crippen molar-refractivity contribution >= 4 is 17.2 Å². The predicted octanol–water partition coefficient (Wildman–Crippen LogP) is 0.987. The molecule has 0 spiro atoms. The SMILES string of the molecule is CC(C)c1c(C(N)=S)nnn1CCCN(C)C. The van der Waals surface area contributed by atoms with Gasteiger partial charge in [-0.15, -0.1) is 5.10 Å². The van der Waals surface area contributed by atoms with E-state index in [0.29, 0.717) is 16.6 Å². The van der Waals surface area contributed by atoms with Gasteiger partial charge < -0.3 is 10.6 Å². The van der Waals surface area contributed by atoms with Crippen LogP contribution in [0.3, 0.4) is 0 Å². The molecule has 1 aromatic heterocycles. The molecule has 1 rings (SSSR count). The minimum Gasteiger partial charge on any atom is -0.388 e. The minimum absolute atomic E-state index is 0.320. The Morgan fingerprint density at radius 2 is 2.12 bits per heavy atom. The molecule has 0 bridgehead atoms. The van der Waals surface area contributed by atoms with Crippen LogP contribution in [0.1, 0.15) is 37.6 Å². The van der Waals surface area contributed by atoms with Crippen LogP contribution in [0, 0.1) is 0 Å². The quantitative estimate of drug-likeness (QED) is 0.768. The molecule has 1 heterocycles. The lowest BCUT2D eigenvalue weighted by molar-refractivity contribution is 0.375. The standard InChI is InChI=1S/C11H21N5S/c1-8(2)10-9(11(12)17)13-14-16(10)7-5-6-15(3)4/h8H,5-7H2,1-4H3,(H2,12,17). The van der Waals surface area contributed by atoms with Crippen molar-refractivity contribution < 1.29 is 0 Å². The lowest BCUT2D eigenvalue weighted by Crippen LogP contribution is -2.18. The molecule has 0 saturated heterocycles. The molecule has 0 saturated carbocycles. The van der Waals surface area contributed by atoms with Gasteiger partial charge in [0.2, 0.25) is 0 Å². The average molecular weight is 255 g/mol. The Labute approximate surface area is 108 Å². The summed E-state index contributed by atoms with van der Waals surface area (Å²) in [5.41, 5.74) is 7.35. The van der Waals surface area contributed by atoms with Crippen molar-refractivity contribution in [3.63, 3.8) is 0 Å². The Kier molecular flexibility index (Phi) is 5.02. The lowest BCUT2D eigenvalue weighted by atomic mass is 10.1. The summed E-state index contributed by atoms with van der Waals surface area (Å²) in [6, 6.07) is 0. The molecule has 0 fully saturated rings. The van der Waals surface area contributed by atoms with Gasteiger partial charge in [0.15, 0.2) is 0 Å². The van der Waals surface area contributed by atoms with Crippen molar-refractivity contribution in [2.24, 2.45) is 5.73 Å². The summed E-state index contributed by atoms with van der Waals surface area (Å²) in [6.45, 7) is 6.08. The number of hydrogen-bond donors (Lipinski definition) is 1. The van der Waals surface area contributed by atoms with E-state index in [2.05, 4.69) is 43.2 Å². The molecule has 0 radical (unpaired) electrons. The minimum atomic E-state index is 0.320. The second kappa shape index (κ2) is 6.07. The maximum Gasteiger partial charge on any atom is 0.143 e. The highest BCUT2D eigenvalue weighted by Crippen LogP contribution is 2.17. The smallest absolute Gasteiger partial charge is 0.143 e. The molecule has 0 atom stereocenters. The first kappa shape index (κ1) is 14.1. The molecule has 0 aliphatic heterocycles. The average Bonchev–Trinajstić information content (AvgIpc) is 2.61. The number of thiocarbonyl (C=S) groups is 1. The summed E-state index contributed by atoms with van der Waals surface area (Å²) in [5.74, 6) is 0.320. The van der Waals surface area contributed by atoms with E-state index < -0.39 is 0 Å². The Balaban J connectivity index is 2.81. The third kappa shape index (κ3) is 3.74. The van der Waals surface area contributed by atoms with Crippen LogP contribution in [0.25, 0.3) is 0 Å². The van der Waals surface area contributed by atoms with Crippen molar-refractivity contribution in [3.05, 3.63) is 11.4 Å². The van der Waals surface area contributed by atoms with Gasteiger partial charge in [-0.3, -0.25) is 0 Å². The number of aromatic nitrogens is 3. The fourth-order valence-corrected chi connectivity index (χ4v) is 1.91. The summed E-state index contributed by atoms with van der Waals surface area (Å²) >= 11 is 4.99. The van der Waals surface area contributed by atoms with E-state index in [9.17, 15) is 0 Å². The molecule has 0 unspecified atom stereocenters. The third-order valence-corrected chi connectivity index (χ3v) is 2.72. The number of aryl methyl sites for hydroxylation is 1. The summed E-state index contributed by atoms with van der Waals surface area (Å²) in [4.78, 5) is 2.48. The highest BCUT2D eigenvalue weighted by Gasteiger charge is 2.17. The number of hydrogen-bond acceptors (Lipinski definition) is 4. The van der Waals surface area contributed by atoms with Crippen molar-refractivity contribution in [1.82, 2.24) is 19.9 Å². The Morgan fingerprint density at radius 3 is 2.59 bits per heavy atom. The first-order valence-electron chi connectivity index (χ1n) is 5.81. The maximum atomic E-state index is 5.65. The zero-order chi connectivity index (χ0) is 13.0. The van der Waals surface area contributed by atoms with Gasteiger partial charge in [0.05, 0.1) is 5.69 Å². The Morgan fingerprint density at radius 1 is 1.47 bits per heavy atom. The second-order valence-electron chi connectivity index (χ2n) is 4.72. The topological polar surface area (TPSA) is 60.0 Å². The molecule has 0 aromatic carbocycles. The Bertz CT molecular complexity index is 383. The molecule has 96 valence electrons. The van der Waals surface area contributed by atoms with Crippen LogP contribution >= 0.6 is 12.2 Å². The normalized spacial score (nSPS) is 11.4. The molecule has 17 heavy (non-hydrogen) atoms. The first-order chi connectivity index (χ1) is 7.93. The molecule has 0 aliphatic rings. The third-order valence-electron chi connectivity index (χ3n) is 2.53. The number of nitrogens with zero attached hydrogens (tertiary/aromatic N) is 4. The highest BCUT2D eigenvalue weighted by atomic mass is 32.1. The molecular formula is C11H21N5S. The van der Waals surface area contributed by atoms with Crippen molar-refractivity contribution in [2.75, 3.05) is 20.6 Å². The van der Waals surface area contributed by atoms with Crippen molar-refractivity contribution in [3.8, 4) is 0 Å². The van der Waals surface area contributed by atoms with E-state index in [1.165, 1.54) is 0 Å². The fraction of sp³-hybridized carbons (Fsp3) is 0.727.